The Hall–Kier alpha value is -2.67. The molecule has 29 heavy (non-hydrogen) atoms. The lowest BCUT2D eigenvalue weighted by atomic mass is 10.1. The van der Waals surface area contributed by atoms with Gasteiger partial charge in [-0.05, 0) is 56.2 Å². The largest absolute Gasteiger partial charge is 0.455 e. The standard InChI is InChI=1S/C22H23BrN2O4/c1-13-4-7-19(15(3)8-13)25-11-16(10-21(25)27)22(28)29-12-20(26)24-18-6-5-17(23)9-14(18)2/h4-9,16H,10-12H2,1-3H3,(H,24,26)/t16-/m0/s1. The second kappa shape index (κ2) is 8.78. The minimum Gasteiger partial charge on any atom is -0.455 e. The smallest absolute Gasteiger partial charge is 0.311 e. The van der Waals surface area contributed by atoms with Crippen LogP contribution in [0.15, 0.2) is 40.9 Å². The van der Waals surface area contributed by atoms with Gasteiger partial charge in [0.25, 0.3) is 5.91 Å². The summed E-state index contributed by atoms with van der Waals surface area (Å²) in [5, 5.41) is 2.73. The minimum absolute atomic E-state index is 0.0829. The Morgan fingerprint density at radius 2 is 1.90 bits per heavy atom. The van der Waals surface area contributed by atoms with Crippen LogP contribution in [0.2, 0.25) is 0 Å². The summed E-state index contributed by atoms with van der Waals surface area (Å²) in [4.78, 5) is 38.5. The molecule has 0 bridgehead atoms. The van der Waals surface area contributed by atoms with E-state index in [9.17, 15) is 14.4 Å². The second-order valence-corrected chi connectivity index (χ2v) is 8.23. The molecule has 1 aliphatic heterocycles. The van der Waals surface area contributed by atoms with E-state index >= 15 is 0 Å². The van der Waals surface area contributed by atoms with Crippen LogP contribution in [0.25, 0.3) is 0 Å². The highest BCUT2D eigenvalue weighted by molar-refractivity contribution is 9.10. The normalized spacial score (nSPS) is 16.1. The Kier molecular flexibility index (Phi) is 6.37. The van der Waals surface area contributed by atoms with E-state index in [0.717, 1.165) is 26.9 Å². The Bertz CT molecular complexity index is 973. The van der Waals surface area contributed by atoms with Crippen molar-refractivity contribution in [1.82, 2.24) is 0 Å². The van der Waals surface area contributed by atoms with Gasteiger partial charge in [-0.15, -0.1) is 0 Å². The molecule has 1 heterocycles. The van der Waals surface area contributed by atoms with E-state index in [1.54, 1.807) is 11.0 Å². The maximum absolute atomic E-state index is 12.4. The van der Waals surface area contributed by atoms with E-state index in [1.165, 1.54) is 0 Å². The monoisotopic (exact) mass is 458 g/mol. The van der Waals surface area contributed by atoms with Crippen LogP contribution in [-0.2, 0) is 19.1 Å². The summed E-state index contributed by atoms with van der Waals surface area (Å²) in [6, 6.07) is 11.3. The molecular formula is C22H23BrN2O4. The summed E-state index contributed by atoms with van der Waals surface area (Å²) in [7, 11) is 0. The van der Waals surface area contributed by atoms with E-state index in [0.29, 0.717) is 5.69 Å². The number of carbonyl (C=O) groups is 3. The Morgan fingerprint density at radius 3 is 2.59 bits per heavy atom. The zero-order valence-corrected chi connectivity index (χ0v) is 18.2. The van der Waals surface area contributed by atoms with Crippen molar-refractivity contribution in [3.63, 3.8) is 0 Å². The van der Waals surface area contributed by atoms with Gasteiger partial charge in [-0.25, -0.2) is 0 Å². The van der Waals surface area contributed by atoms with Crippen LogP contribution in [0.3, 0.4) is 0 Å². The van der Waals surface area contributed by atoms with Gasteiger partial charge in [0.15, 0.2) is 6.61 Å². The fourth-order valence-electron chi connectivity index (χ4n) is 3.41. The molecule has 1 fully saturated rings. The number of amides is 2. The summed E-state index contributed by atoms with van der Waals surface area (Å²) in [6.07, 6.45) is 0.0829. The maximum Gasteiger partial charge on any atom is 0.311 e. The fraction of sp³-hybridized carbons (Fsp3) is 0.318. The molecule has 0 aliphatic carbocycles. The lowest BCUT2D eigenvalue weighted by Gasteiger charge is -2.19. The number of hydrogen-bond acceptors (Lipinski definition) is 4. The van der Waals surface area contributed by atoms with Gasteiger partial charge in [0.05, 0.1) is 5.92 Å². The number of hydrogen-bond donors (Lipinski definition) is 1. The molecule has 0 saturated carbocycles. The summed E-state index contributed by atoms with van der Waals surface area (Å²) < 4.78 is 6.08. The zero-order valence-electron chi connectivity index (χ0n) is 16.6. The first-order valence-corrected chi connectivity index (χ1v) is 10.1. The third-order valence-electron chi connectivity index (χ3n) is 4.91. The molecule has 2 aromatic carbocycles. The zero-order chi connectivity index (χ0) is 21.1. The van der Waals surface area contributed by atoms with Crippen LogP contribution >= 0.6 is 15.9 Å². The molecule has 7 heteroatoms. The molecule has 1 aliphatic rings. The lowest BCUT2D eigenvalue weighted by Crippen LogP contribution is -2.28. The van der Waals surface area contributed by atoms with Crippen molar-refractivity contribution in [2.75, 3.05) is 23.4 Å². The second-order valence-electron chi connectivity index (χ2n) is 7.31. The maximum atomic E-state index is 12.4. The number of esters is 1. The van der Waals surface area contributed by atoms with Gasteiger partial charge in [-0.1, -0.05) is 33.6 Å². The minimum atomic E-state index is -0.578. The number of benzene rings is 2. The topological polar surface area (TPSA) is 75.7 Å². The molecule has 0 radical (unpaired) electrons. The fourth-order valence-corrected chi connectivity index (χ4v) is 3.89. The summed E-state index contributed by atoms with van der Waals surface area (Å²) >= 11 is 3.37. The molecule has 1 atom stereocenters. The first-order valence-electron chi connectivity index (χ1n) is 9.35. The van der Waals surface area contributed by atoms with Crippen LogP contribution < -0.4 is 10.2 Å². The van der Waals surface area contributed by atoms with Crippen molar-refractivity contribution >= 4 is 45.1 Å². The molecule has 3 rings (SSSR count). The molecule has 2 amide bonds. The number of rotatable bonds is 5. The van der Waals surface area contributed by atoms with E-state index in [1.807, 2.05) is 51.1 Å². The molecule has 152 valence electrons. The van der Waals surface area contributed by atoms with Gasteiger partial charge in [-0.3, -0.25) is 14.4 Å². The highest BCUT2D eigenvalue weighted by Gasteiger charge is 2.36. The predicted octanol–water partition coefficient (Wildman–Crippen LogP) is 3.91. The highest BCUT2D eigenvalue weighted by Crippen LogP contribution is 2.29. The molecular weight excluding hydrogens is 436 g/mol. The predicted molar refractivity (Wildman–Crippen MR) is 115 cm³/mol. The van der Waals surface area contributed by atoms with Crippen molar-refractivity contribution in [2.45, 2.75) is 27.2 Å². The van der Waals surface area contributed by atoms with Crippen LogP contribution in [0, 0.1) is 26.7 Å². The Morgan fingerprint density at radius 1 is 1.14 bits per heavy atom. The van der Waals surface area contributed by atoms with Crippen LogP contribution in [0.5, 0.6) is 0 Å². The van der Waals surface area contributed by atoms with Crippen LogP contribution in [0.1, 0.15) is 23.1 Å². The Labute approximate surface area is 178 Å². The SMILES string of the molecule is Cc1ccc(N2C[C@@H](C(=O)OCC(=O)Nc3ccc(Br)cc3C)CC2=O)c(C)c1. The quantitative estimate of drug-likeness (QED) is 0.689. The molecule has 1 N–H and O–H groups in total. The van der Waals surface area contributed by atoms with Gasteiger partial charge in [0.1, 0.15) is 0 Å². The number of carbonyl (C=O) groups excluding carboxylic acids is 3. The number of nitrogens with zero attached hydrogens (tertiary/aromatic N) is 1. The van der Waals surface area contributed by atoms with Crippen molar-refractivity contribution in [2.24, 2.45) is 5.92 Å². The lowest BCUT2D eigenvalue weighted by molar-refractivity contribution is -0.151. The Balaban J connectivity index is 1.56. The van der Waals surface area contributed by atoms with Crippen molar-refractivity contribution < 1.29 is 19.1 Å². The summed E-state index contributed by atoms with van der Waals surface area (Å²) in [5.41, 5.74) is 4.45. The van der Waals surface area contributed by atoms with E-state index < -0.39 is 17.8 Å². The number of anilines is 2. The van der Waals surface area contributed by atoms with Crippen LogP contribution in [-0.4, -0.2) is 30.9 Å². The van der Waals surface area contributed by atoms with E-state index in [-0.39, 0.29) is 25.5 Å². The van der Waals surface area contributed by atoms with E-state index in [2.05, 4.69) is 21.2 Å². The summed E-state index contributed by atoms with van der Waals surface area (Å²) in [5.74, 6) is -1.65. The molecule has 0 aromatic heterocycles. The van der Waals surface area contributed by atoms with Gasteiger partial charge >= 0.3 is 5.97 Å². The van der Waals surface area contributed by atoms with Crippen molar-refractivity contribution in [3.05, 3.63) is 57.6 Å². The number of halogens is 1. The molecule has 1 saturated heterocycles. The molecule has 2 aromatic rings. The van der Waals surface area contributed by atoms with Gasteiger partial charge < -0.3 is 15.0 Å². The molecule has 0 spiro atoms. The highest BCUT2D eigenvalue weighted by atomic mass is 79.9. The van der Waals surface area contributed by atoms with Gasteiger partial charge in [0, 0.05) is 28.8 Å². The average molecular weight is 459 g/mol. The molecule has 0 unspecified atom stereocenters. The third kappa shape index (κ3) is 5.03. The summed E-state index contributed by atoms with van der Waals surface area (Å²) in [6.45, 7) is 5.68. The van der Waals surface area contributed by atoms with E-state index in [4.69, 9.17) is 4.74 Å². The van der Waals surface area contributed by atoms with Crippen LogP contribution in [0.4, 0.5) is 11.4 Å². The number of ether oxygens (including phenoxy) is 1. The molecule has 6 nitrogen and oxygen atoms in total. The van der Waals surface area contributed by atoms with Crippen molar-refractivity contribution in [3.8, 4) is 0 Å². The van der Waals surface area contributed by atoms with Gasteiger partial charge in [-0.2, -0.15) is 0 Å². The van der Waals surface area contributed by atoms with Gasteiger partial charge in [0.2, 0.25) is 5.91 Å². The number of aryl methyl sites for hydroxylation is 3. The first kappa shape index (κ1) is 21.0. The average Bonchev–Trinajstić information content (AvgIpc) is 3.04. The first-order chi connectivity index (χ1) is 13.7. The van der Waals surface area contributed by atoms with Crippen molar-refractivity contribution in [1.29, 1.82) is 0 Å². The number of nitrogens with one attached hydrogen (secondary N) is 1. The third-order valence-corrected chi connectivity index (χ3v) is 5.40.